The molecule has 2 N–H and O–H groups in total. The molecule has 1 aromatic heterocycles. The van der Waals surface area contributed by atoms with E-state index in [0.717, 1.165) is 47.8 Å². The van der Waals surface area contributed by atoms with Gasteiger partial charge in [-0.05, 0) is 69.0 Å². The Morgan fingerprint density at radius 3 is 2.59 bits per heavy atom. The van der Waals surface area contributed by atoms with Crippen LogP contribution < -0.4 is 10.6 Å². The number of hydrogen-bond donors (Lipinski definition) is 2. The first kappa shape index (κ1) is 24.2. The highest BCUT2D eigenvalue weighted by atomic mass is 32.2. The molecule has 9 heteroatoms. The van der Waals surface area contributed by atoms with Gasteiger partial charge in [0, 0.05) is 18.0 Å². The van der Waals surface area contributed by atoms with Crippen molar-refractivity contribution in [2.75, 3.05) is 23.0 Å². The third-order valence-corrected chi connectivity index (χ3v) is 6.74. The zero-order valence-corrected chi connectivity index (χ0v) is 20.5. The Morgan fingerprint density at radius 1 is 1.18 bits per heavy atom. The van der Waals surface area contributed by atoms with Crippen molar-refractivity contribution in [2.24, 2.45) is 0 Å². The van der Waals surface area contributed by atoms with E-state index in [1.54, 1.807) is 12.1 Å². The van der Waals surface area contributed by atoms with Crippen LogP contribution in [0.4, 0.5) is 15.8 Å². The van der Waals surface area contributed by atoms with Crippen molar-refractivity contribution in [3.63, 3.8) is 0 Å². The summed E-state index contributed by atoms with van der Waals surface area (Å²) in [6.07, 6.45) is 2.13. The van der Waals surface area contributed by atoms with Crippen LogP contribution in [-0.4, -0.2) is 39.1 Å². The van der Waals surface area contributed by atoms with Gasteiger partial charge >= 0.3 is 0 Å². The van der Waals surface area contributed by atoms with Crippen molar-refractivity contribution in [3.8, 4) is 0 Å². The van der Waals surface area contributed by atoms with Gasteiger partial charge in [0.15, 0.2) is 11.0 Å². The Balaban J connectivity index is 1.43. The Kier molecular flexibility index (Phi) is 7.84. The topological polar surface area (TPSA) is 81.1 Å². The number of aromatic nitrogens is 3. The first-order valence-electron chi connectivity index (χ1n) is 11.4. The molecule has 0 saturated carbocycles. The third-order valence-electron chi connectivity index (χ3n) is 5.77. The zero-order chi connectivity index (χ0) is 24.1. The molecule has 1 atom stereocenters. The van der Waals surface area contributed by atoms with E-state index in [1.807, 2.05) is 25.3 Å². The molecule has 0 radical (unpaired) electrons. The fourth-order valence-electron chi connectivity index (χ4n) is 4.16. The van der Waals surface area contributed by atoms with E-state index >= 15 is 0 Å². The first-order chi connectivity index (χ1) is 16.4. The maximum Gasteiger partial charge on any atom is 0.234 e. The number of nitrogens with one attached hydrogen (secondary N) is 2. The number of carbonyl (C=O) groups is 1. The molecule has 0 bridgehead atoms. The van der Waals surface area contributed by atoms with Crippen molar-refractivity contribution in [3.05, 3.63) is 64.7 Å². The van der Waals surface area contributed by atoms with Gasteiger partial charge < -0.3 is 19.9 Å². The molecule has 1 aliphatic rings. The van der Waals surface area contributed by atoms with Gasteiger partial charge in [0.1, 0.15) is 5.82 Å². The lowest BCUT2D eigenvalue weighted by atomic mass is 10.1. The largest absolute Gasteiger partial charge is 0.378 e. The van der Waals surface area contributed by atoms with Gasteiger partial charge in [-0.3, -0.25) is 4.79 Å². The smallest absolute Gasteiger partial charge is 0.234 e. The van der Waals surface area contributed by atoms with Crippen molar-refractivity contribution in [1.29, 1.82) is 0 Å². The molecule has 1 saturated heterocycles. The molecule has 2 aromatic carbocycles. The van der Waals surface area contributed by atoms with Crippen LogP contribution in [0.3, 0.4) is 0 Å². The van der Waals surface area contributed by atoms with Crippen molar-refractivity contribution in [2.45, 2.75) is 58.0 Å². The standard InChI is InChI=1S/C25H30FN5O2S/c1-16-11-17(2)24(18(3)12-16)28-23(32)15-34-25-30-29-22(31(25)14-21-5-4-10-33-21)13-27-20-8-6-19(26)7-9-20/h6-9,11-12,21,27H,4-5,10,13-15H2,1-3H3,(H,28,32)/t21-/m0/s1. The number of nitrogens with zero attached hydrogens (tertiary/aromatic N) is 3. The van der Waals surface area contributed by atoms with Gasteiger partial charge in [0.05, 0.1) is 24.9 Å². The second kappa shape index (κ2) is 11.0. The summed E-state index contributed by atoms with van der Waals surface area (Å²) in [6, 6.07) is 10.3. The van der Waals surface area contributed by atoms with Crippen LogP contribution in [0.2, 0.25) is 0 Å². The van der Waals surface area contributed by atoms with E-state index in [2.05, 4.69) is 33.0 Å². The normalized spacial score (nSPS) is 15.5. The molecule has 34 heavy (non-hydrogen) atoms. The second-order valence-corrected chi connectivity index (χ2v) is 9.56. The predicted molar refractivity (Wildman–Crippen MR) is 133 cm³/mol. The van der Waals surface area contributed by atoms with Crippen LogP contribution in [-0.2, 0) is 22.6 Å². The molecule has 1 fully saturated rings. The van der Waals surface area contributed by atoms with Gasteiger partial charge in [-0.25, -0.2) is 4.39 Å². The highest BCUT2D eigenvalue weighted by Gasteiger charge is 2.21. The van der Waals surface area contributed by atoms with Crippen molar-refractivity contribution in [1.82, 2.24) is 14.8 Å². The average molecular weight is 484 g/mol. The van der Waals surface area contributed by atoms with Gasteiger partial charge in [-0.15, -0.1) is 10.2 Å². The number of carbonyl (C=O) groups excluding carboxylic acids is 1. The number of halogens is 1. The molecule has 0 spiro atoms. The summed E-state index contributed by atoms with van der Waals surface area (Å²) in [5, 5.41) is 15.7. The van der Waals surface area contributed by atoms with Gasteiger partial charge in [0.2, 0.25) is 5.91 Å². The van der Waals surface area contributed by atoms with Crippen LogP contribution >= 0.6 is 11.8 Å². The second-order valence-electron chi connectivity index (χ2n) is 8.62. The minimum absolute atomic E-state index is 0.0855. The van der Waals surface area contributed by atoms with E-state index < -0.39 is 0 Å². The Morgan fingerprint density at radius 2 is 1.91 bits per heavy atom. The number of rotatable bonds is 9. The number of hydrogen-bond acceptors (Lipinski definition) is 6. The zero-order valence-electron chi connectivity index (χ0n) is 19.7. The molecular weight excluding hydrogens is 453 g/mol. The summed E-state index contributed by atoms with van der Waals surface area (Å²) >= 11 is 1.36. The molecule has 4 rings (SSSR count). The summed E-state index contributed by atoms with van der Waals surface area (Å²) in [7, 11) is 0. The van der Waals surface area contributed by atoms with Gasteiger partial charge in [-0.1, -0.05) is 29.5 Å². The van der Waals surface area contributed by atoms with Crippen LogP contribution in [0.5, 0.6) is 0 Å². The summed E-state index contributed by atoms with van der Waals surface area (Å²) in [6.45, 7) is 7.87. The lowest BCUT2D eigenvalue weighted by Crippen LogP contribution is -2.20. The maximum atomic E-state index is 13.2. The fraction of sp³-hybridized carbons (Fsp3) is 0.400. The number of benzene rings is 2. The summed E-state index contributed by atoms with van der Waals surface area (Å²) < 4.78 is 21.0. The highest BCUT2D eigenvalue weighted by Crippen LogP contribution is 2.25. The molecule has 0 aliphatic carbocycles. The number of aryl methyl sites for hydroxylation is 3. The minimum Gasteiger partial charge on any atom is -0.378 e. The van der Waals surface area contributed by atoms with Crippen LogP contribution in [0.25, 0.3) is 0 Å². The van der Waals surface area contributed by atoms with Crippen LogP contribution in [0, 0.1) is 26.6 Å². The number of ether oxygens (including phenoxy) is 1. The molecule has 7 nitrogen and oxygen atoms in total. The molecule has 180 valence electrons. The van der Waals surface area contributed by atoms with E-state index in [9.17, 15) is 9.18 Å². The van der Waals surface area contributed by atoms with E-state index in [0.29, 0.717) is 18.2 Å². The van der Waals surface area contributed by atoms with Gasteiger partial charge in [-0.2, -0.15) is 0 Å². The van der Waals surface area contributed by atoms with E-state index in [1.165, 1.54) is 29.5 Å². The SMILES string of the molecule is Cc1cc(C)c(NC(=O)CSc2nnc(CNc3ccc(F)cc3)n2C[C@@H]2CCCO2)c(C)c1. The maximum absolute atomic E-state index is 13.2. The average Bonchev–Trinajstić information content (AvgIpc) is 3.45. The van der Waals surface area contributed by atoms with E-state index in [-0.39, 0.29) is 23.6 Å². The number of thioether (sulfide) groups is 1. The predicted octanol–water partition coefficient (Wildman–Crippen LogP) is 4.86. The van der Waals surface area contributed by atoms with Crippen molar-refractivity contribution < 1.29 is 13.9 Å². The Bertz CT molecular complexity index is 1120. The van der Waals surface area contributed by atoms with Gasteiger partial charge in [0.25, 0.3) is 0 Å². The molecular formula is C25H30FN5O2S. The molecule has 1 amide bonds. The summed E-state index contributed by atoms with van der Waals surface area (Å²) in [5.41, 5.74) is 4.93. The number of anilines is 2. The summed E-state index contributed by atoms with van der Waals surface area (Å²) in [5.74, 6) is 0.604. The molecule has 0 unspecified atom stereocenters. The Hall–Kier alpha value is -2.91. The minimum atomic E-state index is -0.278. The monoisotopic (exact) mass is 483 g/mol. The Labute approximate surface area is 203 Å². The number of amides is 1. The third kappa shape index (κ3) is 6.15. The lowest BCUT2D eigenvalue weighted by Gasteiger charge is -2.16. The molecule has 2 heterocycles. The first-order valence-corrected chi connectivity index (χ1v) is 12.4. The highest BCUT2D eigenvalue weighted by molar-refractivity contribution is 7.99. The fourth-order valence-corrected chi connectivity index (χ4v) is 4.93. The van der Waals surface area contributed by atoms with E-state index in [4.69, 9.17) is 4.74 Å². The van der Waals surface area contributed by atoms with Crippen LogP contribution in [0.15, 0.2) is 41.6 Å². The summed E-state index contributed by atoms with van der Waals surface area (Å²) in [4.78, 5) is 12.7. The molecule has 3 aromatic rings. The lowest BCUT2D eigenvalue weighted by molar-refractivity contribution is -0.113. The van der Waals surface area contributed by atoms with Crippen molar-refractivity contribution >= 4 is 29.0 Å². The van der Waals surface area contributed by atoms with Crippen LogP contribution in [0.1, 0.15) is 35.4 Å². The molecule has 1 aliphatic heterocycles. The quantitative estimate of drug-likeness (QED) is 0.423.